The molecule has 1 aromatic rings. The average molecular weight is 425 g/mol. The first-order valence-corrected chi connectivity index (χ1v) is 11.4. The molecule has 0 radical (unpaired) electrons. The van der Waals surface area contributed by atoms with Gasteiger partial charge in [0, 0.05) is 5.69 Å². The Hall–Kier alpha value is -1.93. The van der Waals surface area contributed by atoms with Gasteiger partial charge in [-0.3, -0.25) is 9.59 Å². The second kappa shape index (κ2) is 9.26. The molecule has 1 aliphatic carbocycles. The number of hydrogen-bond donors (Lipinski definition) is 2. The molecule has 2 N–H and O–H groups in total. The lowest BCUT2D eigenvalue weighted by Gasteiger charge is -2.36. The van der Waals surface area contributed by atoms with E-state index in [1.54, 1.807) is 19.1 Å². The van der Waals surface area contributed by atoms with E-state index in [1.807, 2.05) is 0 Å². The van der Waals surface area contributed by atoms with Crippen LogP contribution in [0.25, 0.3) is 0 Å². The van der Waals surface area contributed by atoms with Crippen molar-refractivity contribution in [2.75, 3.05) is 19.0 Å². The van der Waals surface area contributed by atoms with Crippen LogP contribution in [0.2, 0.25) is 0 Å². The maximum atomic E-state index is 12.3. The first-order chi connectivity index (χ1) is 13.4. The van der Waals surface area contributed by atoms with Crippen molar-refractivity contribution in [2.24, 2.45) is 17.3 Å². The maximum Gasteiger partial charge on any atom is 0.309 e. The number of rotatable bonds is 6. The van der Waals surface area contributed by atoms with Gasteiger partial charge in [-0.2, -0.15) is 0 Å². The summed E-state index contributed by atoms with van der Waals surface area (Å²) in [6, 6.07) is 4.60. The summed E-state index contributed by atoms with van der Waals surface area (Å²) in [5.41, 5.74) is 1.13. The molecule has 0 aromatic heterocycles. The lowest BCUT2D eigenvalue weighted by molar-refractivity contribution is -0.153. The molecule has 0 heterocycles. The van der Waals surface area contributed by atoms with Crippen LogP contribution < -0.4 is 10.0 Å². The summed E-state index contributed by atoms with van der Waals surface area (Å²) in [6.07, 6.45) is 3.54. The van der Waals surface area contributed by atoms with Gasteiger partial charge in [-0.05, 0) is 68.7 Å². The Morgan fingerprint density at radius 3 is 2.31 bits per heavy atom. The van der Waals surface area contributed by atoms with Gasteiger partial charge in [0.25, 0.3) is 5.91 Å². The number of ether oxygens (including phenoxy) is 1. The van der Waals surface area contributed by atoms with Crippen LogP contribution in [0.1, 0.15) is 52.0 Å². The van der Waals surface area contributed by atoms with Crippen LogP contribution in [0.4, 0.5) is 5.69 Å². The zero-order chi connectivity index (χ0) is 21.8. The van der Waals surface area contributed by atoms with E-state index in [1.165, 1.54) is 13.1 Å². The fourth-order valence-electron chi connectivity index (χ4n) is 3.72. The van der Waals surface area contributed by atoms with E-state index in [4.69, 9.17) is 4.74 Å². The number of carbonyl (C=O) groups is 2. The van der Waals surface area contributed by atoms with E-state index in [0.29, 0.717) is 17.2 Å². The third kappa shape index (κ3) is 6.27. The fraction of sp³-hybridized carbons (Fsp3) is 0.619. The van der Waals surface area contributed by atoms with Crippen molar-refractivity contribution in [1.82, 2.24) is 4.72 Å². The smallest absolute Gasteiger partial charge is 0.309 e. The van der Waals surface area contributed by atoms with E-state index < -0.39 is 15.9 Å². The van der Waals surface area contributed by atoms with E-state index in [9.17, 15) is 18.0 Å². The minimum absolute atomic E-state index is 0.0883. The monoisotopic (exact) mass is 424 g/mol. The van der Waals surface area contributed by atoms with Gasteiger partial charge in [0.05, 0.1) is 10.8 Å². The number of carbonyl (C=O) groups excluding carboxylic acids is 2. The number of hydrogen-bond acceptors (Lipinski definition) is 5. The van der Waals surface area contributed by atoms with E-state index >= 15 is 0 Å². The fourth-order valence-corrected chi connectivity index (χ4v) is 4.72. The second-order valence-electron chi connectivity index (χ2n) is 8.76. The van der Waals surface area contributed by atoms with E-state index in [0.717, 1.165) is 25.7 Å². The van der Waals surface area contributed by atoms with Crippen LogP contribution in [0.5, 0.6) is 0 Å². The third-order valence-corrected chi connectivity index (χ3v) is 7.22. The van der Waals surface area contributed by atoms with Gasteiger partial charge in [-0.15, -0.1) is 0 Å². The van der Waals surface area contributed by atoms with Crippen LogP contribution >= 0.6 is 0 Å². The molecular formula is C21H32N2O5S. The molecule has 0 unspecified atom stereocenters. The van der Waals surface area contributed by atoms with Crippen molar-refractivity contribution in [3.63, 3.8) is 0 Å². The standard InChI is InChI=1S/C21H32N2O5S/c1-14-6-11-17(12-18(14)29(26,27)22-5)23-19(24)13-28-20(25)15-7-9-16(10-8-15)21(2,3)4/h6,11-12,15-16,22H,7-10,13H2,1-5H3,(H,23,24). The lowest BCUT2D eigenvalue weighted by Crippen LogP contribution is -2.31. The van der Waals surface area contributed by atoms with Gasteiger partial charge in [0.2, 0.25) is 10.0 Å². The zero-order valence-corrected chi connectivity index (χ0v) is 18.7. The molecule has 0 bridgehead atoms. The van der Waals surface area contributed by atoms with Crippen molar-refractivity contribution in [2.45, 2.75) is 58.3 Å². The number of amides is 1. The Kier molecular flexibility index (Phi) is 7.45. The molecule has 0 atom stereocenters. The first-order valence-electron chi connectivity index (χ1n) is 9.94. The molecule has 0 spiro atoms. The molecule has 1 fully saturated rings. The second-order valence-corrected chi connectivity index (χ2v) is 10.6. The van der Waals surface area contributed by atoms with Crippen LogP contribution in [0, 0.1) is 24.2 Å². The Morgan fingerprint density at radius 1 is 1.14 bits per heavy atom. The predicted molar refractivity (Wildman–Crippen MR) is 112 cm³/mol. The Bertz CT molecular complexity index is 850. The minimum atomic E-state index is -3.63. The number of benzene rings is 1. The minimum Gasteiger partial charge on any atom is -0.455 e. The number of esters is 1. The van der Waals surface area contributed by atoms with Crippen LogP contribution in [0.3, 0.4) is 0 Å². The predicted octanol–water partition coefficient (Wildman–Crippen LogP) is 3.24. The normalized spacial score (nSPS) is 20.2. The molecule has 1 aromatic carbocycles. The number of aryl methyl sites for hydroxylation is 1. The van der Waals surface area contributed by atoms with Crippen LogP contribution in [-0.4, -0.2) is 33.9 Å². The third-order valence-electron chi connectivity index (χ3n) is 5.66. The summed E-state index contributed by atoms with van der Waals surface area (Å²) in [7, 11) is -2.30. The van der Waals surface area contributed by atoms with Crippen molar-refractivity contribution < 1.29 is 22.7 Å². The topological polar surface area (TPSA) is 102 Å². The van der Waals surface area contributed by atoms with Gasteiger partial charge >= 0.3 is 5.97 Å². The lowest BCUT2D eigenvalue weighted by atomic mass is 9.70. The highest BCUT2D eigenvalue weighted by Gasteiger charge is 2.33. The highest BCUT2D eigenvalue weighted by atomic mass is 32.2. The van der Waals surface area contributed by atoms with Crippen molar-refractivity contribution in [3.05, 3.63) is 23.8 Å². The van der Waals surface area contributed by atoms with Crippen LogP contribution in [0.15, 0.2) is 23.1 Å². The summed E-state index contributed by atoms with van der Waals surface area (Å²) >= 11 is 0. The Balaban J connectivity index is 1.88. The molecule has 1 amide bonds. The summed E-state index contributed by atoms with van der Waals surface area (Å²) in [6.45, 7) is 7.95. The molecule has 1 saturated carbocycles. The maximum absolute atomic E-state index is 12.3. The zero-order valence-electron chi connectivity index (χ0n) is 17.9. The molecule has 2 rings (SSSR count). The molecule has 8 heteroatoms. The van der Waals surface area contributed by atoms with Gasteiger partial charge in [-0.1, -0.05) is 26.8 Å². The Labute approximate surface area is 173 Å². The Morgan fingerprint density at radius 2 is 1.76 bits per heavy atom. The molecule has 29 heavy (non-hydrogen) atoms. The van der Waals surface area contributed by atoms with E-state index in [-0.39, 0.29) is 28.8 Å². The largest absolute Gasteiger partial charge is 0.455 e. The quantitative estimate of drug-likeness (QED) is 0.683. The van der Waals surface area contributed by atoms with Crippen LogP contribution in [-0.2, 0) is 24.3 Å². The summed E-state index contributed by atoms with van der Waals surface area (Å²) in [5, 5.41) is 2.58. The van der Waals surface area contributed by atoms with E-state index in [2.05, 4.69) is 30.8 Å². The molecular weight excluding hydrogens is 392 g/mol. The number of sulfonamides is 1. The summed E-state index contributed by atoms with van der Waals surface area (Å²) < 4.78 is 31.5. The van der Waals surface area contributed by atoms with Crippen molar-refractivity contribution >= 4 is 27.6 Å². The molecule has 0 aliphatic heterocycles. The molecule has 0 saturated heterocycles. The van der Waals surface area contributed by atoms with Gasteiger partial charge in [-0.25, -0.2) is 13.1 Å². The highest BCUT2D eigenvalue weighted by molar-refractivity contribution is 7.89. The van der Waals surface area contributed by atoms with Gasteiger partial charge < -0.3 is 10.1 Å². The van der Waals surface area contributed by atoms with Gasteiger partial charge in [0.1, 0.15) is 0 Å². The highest BCUT2D eigenvalue weighted by Crippen LogP contribution is 2.40. The summed E-state index contributed by atoms with van der Waals surface area (Å²) in [4.78, 5) is 24.5. The van der Waals surface area contributed by atoms with Gasteiger partial charge in [0.15, 0.2) is 6.61 Å². The van der Waals surface area contributed by atoms with Crippen molar-refractivity contribution in [1.29, 1.82) is 0 Å². The SMILES string of the molecule is CNS(=O)(=O)c1cc(NC(=O)COC(=O)C2CCC(C(C)(C)C)CC2)ccc1C. The number of nitrogens with one attached hydrogen (secondary N) is 2. The van der Waals surface area contributed by atoms with Crippen molar-refractivity contribution in [3.8, 4) is 0 Å². The average Bonchev–Trinajstić information content (AvgIpc) is 2.67. The first kappa shape index (κ1) is 23.3. The number of anilines is 1. The summed E-state index contributed by atoms with van der Waals surface area (Å²) in [5.74, 6) is -0.402. The molecule has 162 valence electrons. The molecule has 1 aliphatic rings. The molecule has 7 nitrogen and oxygen atoms in total.